The van der Waals surface area contributed by atoms with E-state index in [0.29, 0.717) is 31.1 Å². The maximum absolute atomic E-state index is 9.05. The van der Waals surface area contributed by atoms with E-state index >= 15 is 0 Å². The molecule has 1 fully saturated rings. The monoisotopic (exact) mass is 313 g/mol. The summed E-state index contributed by atoms with van der Waals surface area (Å²) in [5.41, 5.74) is 0.568. The third kappa shape index (κ3) is 4.28. The molecule has 1 saturated heterocycles. The van der Waals surface area contributed by atoms with E-state index in [1.165, 1.54) is 6.33 Å². The summed E-state index contributed by atoms with van der Waals surface area (Å²) in [4.78, 5) is 6.25. The molecule has 0 radical (unpaired) electrons. The minimum Gasteiger partial charge on any atom is -0.491 e. The fourth-order valence-electron chi connectivity index (χ4n) is 2.60. The van der Waals surface area contributed by atoms with Gasteiger partial charge in [0.15, 0.2) is 0 Å². The van der Waals surface area contributed by atoms with Crippen molar-refractivity contribution >= 4 is 0 Å². The van der Waals surface area contributed by atoms with Crippen molar-refractivity contribution in [2.45, 2.75) is 12.6 Å². The maximum atomic E-state index is 9.05. The molecule has 1 aliphatic rings. The number of hydrogen-bond acceptors (Lipinski definition) is 6. The maximum Gasteiger partial charge on any atom is 0.137 e. The Balaban J connectivity index is 1.46. The van der Waals surface area contributed by atoms with Crippen LogP contribution < -0.4 is 4.74 Å². The number of nitrogens with zero attached hydrogens (tertiary/aromatic N) is 5. The first-order chi connectivity index (χ1) is 11.3. The minimum absolute atomic E-state index is 0.108. The molecule has 0 spiro atoms. The third-order valence-electron chi connectivity index (χ3n) is 3.75. The van der Waals surface area contributed by atoms with Crippen LogP contribution in [-0.4, -0.2) is 58.6 Å². The Morgan fingerprint density at radius 1 is 1.39 bits per heavy atom. The van der Waals surface area contributed by atoms with Crippen LogP contribution >= 0.6 is 0 Å². The summed E-state index contributed by atoms with van der Waals surface area (Å²) >= 11 is 0. The zero-order valence-electron chi connectivity index (χ0n) is 12.8. The molecule has 2 heterocycles. The summed E-state index contributed by atoms with van der Waals surface area (Å²) in [5, 5.41) is 13.2. The van der Waals surface area contributed by atoms with E-state index in [4.69, 9.17) is 14.7 Å². The van der Waals surface area contributed by atoms with Crippen molar-refractivity contribution in [3.63, 3.8) is 0 Å². The lowest BCUT2D eigenvalue weighted by molar-refractivity contribution is -0.0401. The quantitative estimate of drug-likeness (QED) is 0.789. The summed E-state index contributed by atoms with van der Waals surface area (Å²) < 4.78 is 13.3. The number of para-hydroxylation sites is 1. The van der Waals surface area contributed by atoms with Gasteiger partial charge in [0.1, 0.15) is 31.1 Å². The topological polar surface area (TPSA) is 76.2 Å². The summed E-state index contributed by atoms with van der Waals surface area (Å²) in [6, 6.07) is 9.44. The van der Waals surface area contributed by atoms with Crippen LogP contribution in [0.15, 0.2) is 36.9 Å². The molecule has 1 aromatic carbocycles. The first-order valence-corrected chi connectivity index (χ1v) is 7.63. The van der Waals surface area contributed by atoms with Crippen molar-refractivity contribution in [1.29, 1.82) is 5.26 Å². The van der Waals surface area contributed by atoms with E-state index in [2.05, 4.69) is 21.1 Å². The second kappa shape index (κ2) is 7.72. The number of aromatic nitrogens is 3. The van der Waals surface area contributed by atoms with Gasteiger partial charge in [0, 0.05) is 19.6 Å². The zero-order chi connectivity index (χ0) is 15.9. The van der Waals surface area contributed by atoms with Crippen molar-refractivity contribution < 1.29 is 9.47 Å². The molecule has 1 aliphatic heterocycles. The molecule has 7 nitrogen and oxygen atoms in total. The lowest BCUT2D eigenvalue weighted by atomic mass is 10.2. The van der Waals surface area contributed by atoms with E-state index < -0.39 is 0 Å². The van der Waals surface area contributed by atoms with Gasteiger partial charge in [-0.2, -0.15) is 10.4 Å². The normalized spacial score (nSPS) is 18.5. The van der Waals surface area contributed by atoms with Crippen LogP contribution in [0, 0.1) is 11.3 Å². The number of morpholine rings is 1. The van der Waals surface area contributed by atoms with Gasteiger partial charge in [0.2, 0.25) is 0 Å². The van der Waals surface area contributed by atoms with Crippen LogP contribution in [0.3, 0.4) is 0 Å². The Morgan fingerprint density at radius 3 is 3.13 bits per heavy atom. The van der Waals surface area contributed by atoms with Gasteiger partial charge in [-0.25, -0.2) is 4.98 Å². The van der Waals surface area contributed by atoms with Crippen molar-refractivity contribution in [2.24, 2.45) is 0 Å². The molecule has 120 valence electrons. The van der Waals surface area contributed by atoms with Gasteiger partial charge in [-0.05, 0) is 12.1 Å². The van der Waals surface area contributed by atoms with E-state index in [-0.39, 0.29) is 6.10 Å². The van der Waals surface area contributed by atoms with Crippen molar-refractivity contribution in [2.75, 3.05) is 32.8 Å². The van der Waals surface area contributed by atoms with Gasteiger partial charge in [-0.1, -0.05) is 12.1 Å². The van der Waals surface area contributed by atoms with E-state index in [0.717, 1.165) is 19.6 Å². The highest BCUT2D eigenvalue weighted by molar-refractivity contribution is 5.42. The lowest BCUT2D eigenvalue weighted by Gasteiger charge is -2.32. The predicted octanol–water partition coefficient (Wildman–Crippen LogP) is 0.930. The minimum atomic E-state index is 0.108. The second-order valence-corrected chi connectivity index (χ2v) is 5.37. The predicted molar refractivity (Wildman–Crippen MR) is 82.9 cm³/mol. The van der Waals surface area contributed by atoms with Crippen LogP contribution in [0.25, 0.3) is 0 Å². The van der Waals surface area contributed by atoms with Crippen LogP contribution in [-0.2, 0) is 11.3 Å². The van der Waals surface area contributed by atoms with Gasteiger partial charge in [0.25, 0.3) is 0 Å². The molecule has 7 heteroatoms. The summed E-state index contributed by atoms with van der Waals surface area (Å²) in [7, 11) is 0. The first kappa shape index (κ1) is 15.5. The fraction of sp³-hybridized carbons (Fsp3) is 0.438. The molecule has 0 amide bonds. The Bertz CT molecular complexity index is 653. The van der Waals surface area contributed by atoms with Crippen molar-refractivity contribution in [1.82, 2.24) is 19.7 Å². The zero-order valence-corrected chi connectivity index (χ0v) is 12.8. The highest BCUT2D eigenvalue weighted by Gasteiger charge is 2.21. The molecule has 1 aromatic heterocycles. The highest BCUT2D eigenvalue weighted by atomic mass is 16.5. The van der Waals surface area contributed by atoms with Crippen LogP contribution in [0.5, 0.6) is 5.75 Å². The molecule has 0 bridgehead atoms. The van der Waals surface area contributed by atoms with Crippen molar-refractivity contribution in [3.05, 3.63) is 42.5 Å². The highest BCUT2D eigenvalue weighted by Crippen LogP contribution is 2.16. The number of rotatable bonds is 6. The largest absolute Gasteiger partial charge is 0.491 e. The molecule has 23 heavy (non-hydrogen) atoms. The summed E-state index contributed by atoms with van der Waals surface area (Å²) in [6.45, 7) is 4.48. The van der Waals surface area contributed by atoms with Gasteiger partial charge in [-0.3, -0.25) is 9.58 Å². The molecule has 0 aliphatic carbocycles. The van der Waals surface area contributed by atoms with Crippen LogP contribution in [0.2, 0.25) is 0 Å². The molecule has 1 unspecified atom stereocenters. The van der Waals surface area contributed by atoms with Gasteiger partial charge in [-0.15, -0.1) is 0 Å². The molecule has 2 aromatic rings. The van der Waals surface area contributed by atoms with E-state index in [1.807, 2.05) is 18.2 Å². The lowest BCUT2D eigenvalue weighted by Crippen LogP contribution is -2.45. The number of nitriles is 1. The average Bonchev–Trinajstić information content (AvgIpc) is 3.09. The Morgan fingerprint density at radius 2 is 2.30 bits per heavy atom. The Labute approximate surface area is 135 Å². The van der Waals surface area contributed by atoms with Gasteiger partial charge >= 0.3 is 0 Å². The van der Waals surface area contributed by atoms with Crippen LogP contribution in [0.1, 0.15) is 5.56 Å². The van der Waals surface area contributed by atoms with E-state index in [9.17, 15) is 0 Å². The average molecular weight is 313 g/mol. The summed E-state index contributed by atoms with van der Waals surface area (Å²) in [5.74, 6) is 0.641. The Hall–Kier alpha value is -2.43. The molecular weight excluding hydrogens is 294 g/mol. The first-order valence-electron chi connectivity index (χ1n) is 7.63. The number of ether oxygens (including phenoxy) is 2. The Kier molecular flexibility index (Phi) is 5.19. The third-order valence-corrected chi connectivity index (χ3v) is 3.75. The number of hydrogen-bond donors (Lipinski definition) is 0. The molecule has 0 saturated carbocycles. The second-order valence-electron chi connectivity index (χ2n) is 5.37. The van der Waals surface area contributed by atoms with Crippen molar-refractivity contribution in [3.8, 4) is 11.8 Å². The molecule has 1 atom stereocenters. The van der Waals surface area contributed by atoms with Crippen LogP contribution in [0.4, 0.5) is 0 Å². The number of benzene rings is 1. The summed E-state index contributed by atoms with van der Waals surface area (Å²) in [6.07, 6.45) is 3.34. The molecule has 3 rings (SSSR count). The van der Waals surface area contributed by atoms with Gasteiger partial charge < -0.3 is 9.47 Å². The smallest absolute Gasteiger partial charge is 0.137 e. The van der Waals surface area contributed by atoms with Gasteiger partial charge in [0.05, 0.1) is 24.8 Å². The molecular formula is C16H19N5O2. The fourth-order valence-corrected chi connectivity index (χ4v) is 2.60. The standard InChI is InChI=1S/C16H19N5O2/c17-9-14-3-1-2-4-16(14)23-8-6-20-5-7-22-15(10-20)11-21-13-18-12-19-21/h1-4,12-13,15H,5-8,10-11H2. The SMILES string of the molecule is N#Cc1ccccc1OCCN1CCOC(Cn2cncn2)C1. The molecule has 0 N–H and O–H groups in total. The van der Waals surface area contributed by atoms with E-state index in [1.54, 1.807) is 17.1 Å².